The molecule has 0 unspecified atom stereocenters. The van der Waals surface area contributed by atoms with Crippen LogP contribution >= 0.6 is 0 Å². The van der Waals surface area contributed by atoms with E-state index in [2.05, 4.69) is 41.4 Å². The van der Waals surface area contributed by atoms with Crippen LogP contribution in [0.1, 0.15) is 23.1 Å². The number of rotatable bonds is 3. The SMILES string of the molecule is Cc1ccc2c(c1)CCCN2CC(=O)Nc1ccc(C#N)cc1. The molecular weight excluding hydrogens is 286 g/mol. The number of carbonyl (C=O) groups excluding carboxylic acids is 1. The third-order valence-electron chi connectivity index (χ3n) is 4.08. The lowest BCUT2D eigenvalue weighted by Crippen LogP contribution is -2.36. The van der Waals surface area contributed by atoms with Crippen molar-refractivity contribution in [1.29, 1.82) is 5.26 Å². The van der Waals surface area contributed by atoms with Crippen LogP contribution in [0.25, 0.3) is 0 Å². The van der Waals surface area contributed by atoms with Crippen LogP contribution in [0.4, 0.5) is 11.4 Å². The van der Waals surface area contributed by atoms with Gasteiger partial charge in [0.2, 0.25) is 5.91 Å². The number of nitrogens with zero attached hydrogens (tertiary/aromatic N) is 2. The summed E-state index contributed by atoms with van der Waals surface area (Å²) in [6.45, 7) is 3.34. The molecule has 0 saturated heterocycles. The fraction of sp³-hybridized carbons (Fsp3) is 0.263. The Hall–Kier alpha value is -2.80. The van der Waals surface area contributed by atoms with Gasteiger partial charge in [-0.15, -0.1) is 0 Å². The number of hydrogen-bond donors (Lipinski definition) is 1. The fourth-order valence-electron chi connectivity index (χ4n) is 2.97. The van der Waals surface area contributed by atoms with E-state index in [1.807, 2.05) is 0 Å². The van der Waals surface area contributed by atoms with E-state index < -0.39 is 0 Å². The van der Waals surface area contributed by atoms with E-state index in [1.165, 1.54) is 11.1 Å². The number of carbonyl (C=O) groups is 1. The molecule has 0 bridgehead atoms. The summed E-state index contributed by atoms with van der Waals surface area (Å²) >= 11 is 0. The number of amides is 1. The number of nitrogens with one attached hydrogen (secondary N) is 1. The van der Waals surface area contributed by atoms with Crippen LogP contribution in [-0.2, 0) is 11.2 Å². The Kier molecular flexibility index (Phi) is 4.29. The second-order valence-electron chi connectivity index (χ2n) is 5.89. The third-order valence-corrected chi connectivity index (χ3v) is 4.08. The molecule has 116 valence electrons. The molecule has 0 saturated carbocycles. The lowest BCUT2D eigenvalue weighted by Gasteiger charge is -2.31. The van der Waals surface area contributed by atoms with Crippen molar-refractivity contribution in [1.82, 2.24) is 0 Å². The highest BCUT2D eigenvalue weighted by atomic mass is 16.2. The highest BCUT2D eigenvalue weighted by molar-refractivity contribution is 5.94. The lowest BCUT2D eigenvalue weighted by atomic mass is 9.99. The Bertz CT molecular complexity index is 759. The van der Waals surface area contributed by atoms with E-state index in [0.717, 1.165) is 30.8 Å². The van der Waals surface area contributed by atoms with E-state index >= 15 is 0 Å². The first-order valence-electron chi connectivity index (χ1n) is 7.80. The van der Waals surface area contributed by atoms with Gasteiger partial charge in [-0.3, -0.25) is 4.79 Å². The third kappa shape index (κ3) is 3.51. The van der Waals surface area contributed by atoms with Gasteiger partial charge in [0.1, 0.15) is 0 Å². The zero-order valence-corrected chi connectivity index (χ0v) is 13.2. The van der Waals surface area contributed by atoms with Gasteiger partial charge in [-0.25, -0.2) is 0 Å². The number of aryl methyl sites for hydroxylation is 2. The fourth-order valence-corrected chi connectivity index (χ4v) is 2.97. The maximum Gasteiger partial charge on any atom is 0.243 e. The molecule has 1 aliphatic rings. The summed E-state index contributed by atoms with van der Waals surface area (Å²) in [5.41, 5.74) is 5.05. The molecule has 0 spiro atoms. The summed E-state index contributed by atoms with van der Waals surface area (Å²) in [6, 6.07) is 15.4. The van der Waals surface area contributed by atoms with Crippen molar-refractivity contribution in [3.05, 3.63) is 59.2 Å². The maximum absolute atomic E-state index is 12.3. The molecule has 1 N–H and O–H groups in total. The van der Waals surface area contributed by atoms with Crippen molar-refractivity contribution in [2.24, 2.45) is 0 Å². The summed E-state index contributed by atoms with van der Waals surface area (Å²) in [5, 5.41) is 11.7. The van der Waals surface area contributed by atoms with E-state index in [0.29, 0.717) is 12.1 Å². The molecule has 0 aromatic heterocycles. The Morgan fingerprint density at radius 1 is 1.26 bits per heavy atom. The van der Waals surface area contributed by atoms with Gasteiger partial charge in [0, 0.05) is 17.9 Å². The van der Waals surface area contributed by atoms with Gasteiger partial charge in [0.15, 0.2) is 0 Å². The summed E-state index contributed by atoms with van der Waals surface area (Å²) in [5.74, 6) is -0.0388. The molecule has 0 aliphatic carbocycles. The van der Waals surface area contributed by atoms with Crippen LogP contribution in [-0.4, -0.2) is 19.0 Å². The highest BCUT2D eigenvalue weighted by Crippen LogP contribution is 2.27. The van der Waals surface area contributed by atoms with Crippen LogP contribution in [0.15, 0.2) is 42.5 Å². The van der Waals surface area contributed by atoms with E-state index in [-0.39, 0.29) is 5.91 Å². The van der Waals surface area contributed by atoms with Gasteiger partial charge in [-0.05, 0) is 55.7 Å². The van der Waals surface area contributed by atoms with Crippen LogP contribution in [0.3, 0.4) is 0 Å². The molecule has 0 atom stereocenters. The van der Waals surface area contributed by atoms with Gasteiger partial charge < -0.3 is 10.2 Å². The van der Waals surface area contributed by atoms with Crippen LogP contribution < -0.4 is 10.2 Å². The Morgan fingerprint density at radius 2 is 2.04 bits per heavy atom. The summed E-state index contributed by atoms with van der Waals surface area (Å²) in [7, 11) is 0. The minimum atomic E-state index is -0.0388. The lowest BCUT2D eigenvalue weighted by molar-refractivity contribution is -0.115. The standard InChI is InChI=1S/C19H19N3O/c1-14-4-9-18-16(11-14)3-2-10-22(18)13-19(23)21-17-7-5-15(12-20)6-8-17/h4-9,11H,2-3,10,13H2,1H3,(H,21,23). The molecule has 0 fully saturated rings. The zero-order valence-electron chi connectivity index (χ0n) is 13.2. The van der Waals surface area contributed by atoms with Crippen molar-refractivity contribution < 1.29 is 4.79 Å². The summed E-state index contributed by atoms with van der Waals surface area (Å²) < 4.78 is 0. The quantitative estimate of drug-likeness (QED) is 0.947. The first kappa shape index (κ1) is 15.1. The molecule has 1 aliphatic heterocycles. The normalized spacial score (nSPS) is 13.1. The molecule has 2 aromatic rings. The maximum atomic E-state index is 12.3. The second-order valence-corrected chi connectivity index (χ2v) is 5.89. The average Bonchev–Trinajstić information content (AvgIpc) is 2.55. The number of hydrogen-bond acceptors (Lipinski definition) is 3. The van der Waals surface area contributed by atoms with Crippen LogP contribution in [0, 0.1) is 18.3 Å². The van der Waals surface area contributed by atoms with Crippen molar-refractivity contribution in [3.63, 3.8) is 0 Å². The van der Waals surface area contributed by atoms with Crippen molar-refractivity contribution in [2.45, 2.75) is 19.8 Å². The smallest absolute Gasteiger partial charge is 0.243 e. The van der Waals surface area contributed by atoms with Gasteiger partial charge in [-0.1, -0.05) is 17.7 Å². The van der Waals surface area contributed by atoms with Gasteiger partial charge in [0.25, 0.3) is 0 Å². The molecule has 0 radical (unpaired) electrons. The first-order chi connectivity index (χ1) is 11.2. The van der Waals surface area contributed by atoms with Gasteiger partial charge in [0.05, 0.1) is 18.2 Å². The molecule has 1 heterocycles. The molecule has 2 aromatic carbocycles. The molecule has 23 heavy (non-hydrogen) atoms. The van der Waals surface area contributed by atoms with E-state index in [4.69, 9.17) is 5.26 Å². The minimum Gasteiger partial charge on any atom is -0.362 e. The number of anilines is 2. The summed E-state index contributed by atoms with van der Waals surface area (Å²) in [6.07, 6.45) is 2.14. The topological polar surface area (TPSA) is 56.1 Å². The Morgan fingerprint density at radius 3 is 2.78 bits per heavy atom. The van der Waals surface area contributed by atoms with Crippen LogP contribution in [0.5, 0.6) is 0 Å². The Balaban J connectivity index is 1.68. The molecule has 3 rings (SSSR count). The van der Waals surface area contributed by atoms with Crippen molar-refractivity contribution in [3.8, 4) is 6.07 Å². The highest BCUT2D eigenvalue weighted by Gasteiger charge is 2.19. The largest absolute Gasteiger partial charge is 0.362 e. The zero-order chi connectivity index (χ0) is 16.2. The number of benzene rings is 2. The van der Waals surface area contributed by atoms with E-state index in [9.17, 15) is 4.79 Å². The van der Waals surface area contributed by atoms with E-state index in [1.54, 1.807) is 24.3 Å². The second kappa shape index (κ2) is 6.53. The van der Waals surface area contributed by atoms with Crippen molar-refractivity contribution >= 4 is 17.3 Å². The molecule has 4 nitrogen and oxygen atoms in total. The monoisotopic (exact) mass is 305 g/mol. The molecule has 1 amide bonds. The molecule has 4 heteroatoms. The predicted octanol–water partition coefficient (Wildman–Crippen LogP) is 3.26. The minimum absolute atomic E-state index is 0.0388. The summed E-state index contributed by atoms with van der Waals surface area (Å²) in [4.78, 5) is 14.4. The number of nitriles is 1. The molecular formula is C19H19N3O. The van der Waals surface area contributed by atoms with Gasteiger partial charge >= 0.3 is 0 Å². The van der Waals surface area contributed by atoms with Crippen LogP contribution in [0.2, 0.25) is 0 Å². The average molecular weight is 305 g/mol. The van der Waals surface area contributed by atoms with Gasteiger partial charge in [-0.2, -0.15) is 5.26 Å². The number of fused-ring (bicyclic) bond motifs is 1. The van der Waals surface area contributed by atoms with Crippen molar-refractivity contribution in [2.75, 3.05) is 23.3 Å². The predicted molar refractivity (Wildman–Crippen MR) is 91.5 cm³/mol. The first-order valence-corrected chi connectivity index (χ1v) is 7.80. The Labute approximate surface area is 136 Å².